The van der Waals surface area contributed by atoms with Crippen molar-refractivity contribution >= 4 is 5.69 Å². The Labute approximate surface area is 110 Å². The van der Waals surface area contributed by atoms with Crippen molar-refractivity contribution in [2.24, 2.45) is 11.8 Å². The van der Waals surface area contributed by atoms with Crippen LogP contribution in [0.1, 0.15) is 38.2 Å². The lowest BCUT2D eigenvalue weighted by atomic mass is 9.78. The van der Waals surface area contributed by atoms with Gasteiger partial charge in [-0.2, -0.15) is 0 Å². The van der Waals surface area contributed by atoms with Crippen LogP contribution in [0.3, 0.4) is 0 Å². The lowest BCUT2D eigenvalue weighted by molar-refractivity contribution is 0.188. The second-order valence-corrected chi connectivity index (χ2v) is 5.83. The summed E-state index contributed by atoms with van der Waals surface area (Å²) in [7, 11) is 0. The second kappa shape index (κ2) is 6.24. The van der Waals surface area contributed by atoms with Gasteiger partial charge in [-0.1, -0.05) is 37.5 Å². The van der Waals surface area contributed by atoms with Gasteiger partial charge < -0.3 is 10.4 Å². The molecule has 0 aromatic heterocycles. The summed E-state index contributed by atoms with van der Waals surface area (Å²) in [6.45, 7) is 4.65. The van der Waals surface area contributed by atoms with Gasteiger partial charge in [-0.25, -0.2) is 0 Å². The van der Waals surface area contributed by atoms with Crippen molar-refractivity contribution in [3.05, 3.63) is 29.8 Å². The molecular formula is C16H25NO. The van der Waals surface area contributed by atoms with E-state index in [0.29, 0.717) is 5.92 Å². The van der Waals surface area contributed by atoms with E-state index in [2.05, 4.69) is 43.4 Å². The molecule has 0 aliphatic heterocycles. The van der Waals surface area contributed by atoms with Crippen molar-refractivity contribution in [2.75, 3.05) is 11.9 Å². The van der Waals surface area contributed by atoms with E-state index in [1.165, 1.54) is 31.2 Å². The van der Waals surface area contributed by atoms with E-state index in [0.717, 1.165) is 11.6 Å². The zero-order chi connectivity index (χ0) is 13.0. The summed E-state index contributed by atoms with van der Waals surface area (Å²) in [4.78, 5) is 0. The molecule has 0 heterocycles. The van der Waals surface area contributed by atoms with Crippen LogP contribution in [0, 0.1) is 18.8 Å². The number of hydrogen-bond acceptors (Lipinski definition) is 2. The topological polar surface area (TPSA) is 32.3 Å². The molecule has 0 amide bonds. The third kappa shape index (κ3) is 3.49. The average molecular weight is 247 g/mol. The molecule has 0 spiro atoms. The first kappa shape index (κ1) is 13.4. The molecule has 100 valence electrons. The normalized spacial score (nSPS) is 25.7. The highest BCUT2D eigenvalue weighted by Crippen LogP contribution is 2.31. The van der Waals surface area contributed by atoms with Crippen molar-refractivity contribution in [1.82, 2.24) is 0 Å². The van der Waals surface area contributed by atoms with E-state index < -0.39 is 0 Å². The molecule has 0 bridgehead atoms. The molecular weight excluding hydrogens is 222 g/mol. The molecule has 3 atom stereocenters. The summed E-state index contributed by atoms with van der Waals surface area (Å²) < 4.78 is 0. The largest absolute Gasteiger partial charge is 0.394 e. The van der Waals surface area contributed by atoms with Gasteiger partial charge in [-0.15, -0.1) is 0 Å². The number of aliphatic hydroxyl groups is 1. The summed E-state index contributed by atoms with van der Waals surface area (Å²) in [5, 5.41) is 13.1. The van der Waals surface area contributed by atoms with Gasteiger partial charge >= 0.3 is 0 Å². The molecule has 1 aromatic carbocycles. The summed E-state index contributed by atoms with van der Waals surface area (Å²) in [6.07, 6.45) is 5.13. The Morgan fingerprint density at radius 2 is 2.00 bits per heavy atom. The first-order valence-corrected chi connectivity index (χ1v) is 7.13. The summed E-state index contributed by atoms with van der Waals surface area (Å²) in [6, 6.07) is 8.63. The van der Waals surface area contributed by atoms with Crippen molar-refractivity contribution in [2.45, 2.75) is 45.6 Å². The average Bonchev–Trinajstić information content (AvgIpc) is 2.38. The Balaban J connectivity index is 1.98. The minimum Gasteiger partial charge on any atom is -0.394 e. The molecule has 1 aliphatic rings. The van der Waals surface area contributed by atoms with Crippen LogP contribution in [-0.2, 0) is 0 Å². The van der Waals surface area contributed by atoms with Gasteiger partial charge in [0, 0.05) is 5.69 Å². The fraction of sp³-hybridized carbons (Fsp3) is 0.625. The summed E-state index contributed by atoms with van der Waals surface area (Å²) >= 11 is 0. The van der Waals surface area contributed by atoms with Crippen LogP contribution in [-0.4, -0.2) is 17.8 Å². The Morgan fingerprint density at radius 1 is 1.28 bits per heavy atom. The highest BCUT2D eigenvalue weighted by Gasteiger charge is 2.26. The quantitative estimate of drug-likeness (QED) is 0.852. The number of aryl methyl sites for hydroxylation is 1. The highest BCUT2D eigenvalue weighted by molar-refractivity contribution is 5.45. The Morgan fingerprint density at radius 3 is 2.61 bits per heavy atom. The fourth-order valence-electron chi connectivity index (χ4n) is 3.02. The number of nitrogens with one attached hydrogen (secondary N) is 1. The van der Waals surface area contributed by atoms with Gasteiger partial charge in [-0.3, -0.25) is 0 Å². The lowest BCUT2D eigenvalue weighted by Gasteiger charge is -2.33. The van der Waals surface area contributed by atoms with Gasteiger partial charge in [-0.05, 0) is 43.7 Å². The molecule has 2 rings (SSSR count). The first-order valence-electron chi connectivity index (χ1n) is 7.13. The van der Waals surface area contributed by atoms with Gasteiger partial charge in [0.25, 0.3) is 0 Å². The van der Waals surface area contributed by atoms with Crippen LogP contribution in [0.4, 0.5) is 5.69 Å². The SMILES string of the molecule is Cc1ccc(NC(CO)C2CCCC(C)C2)cc1. The number of anilines is 1. The maximum absolute atomic E-state index is 9.62. The van der Waals surface area contributed by atoms with E-state index in [9.17, 15) is 5.11 Å². The Bertz CT molecular complexity index is 360. The number of aliphatic hydroxyl groups excluding tert-OH is 1. The third-order valence-electron chi connectivity index (χ3n) is 4.15. The smallest absolute Gasteiger partial charge is 0.0635 e. The maximum Gasteiger partial charge on any atom is 0.0635 e. The van der Waals surface area contributed by atoms with Gasteiger partial charge in [0.1, 0.15) is 0 Å². The minimum absolute atomic E-state index is 0.204. The highest BCUT2D eigenvalue weighted by atomic mass is 16.3. The van der Waals surface area contributed by atoms with Crippen molar-refractivity contribution in [1.29, 1.82) is 0 Å². The van der Waals surface area contributed by atoms with Crippen LogP contribution in [0.15, 0.2) is 24.3 Å². The molecule has 3 unspecified atom stereocenters. The van der Waals surface area contributed by atoms with E-state index >= 15 is 0 Å². The molecule has 1 aliphatic carbocycles. The Kier molecular flexibility index (Phi) is 4.65. The van der Waals surface area contributed by atoms with E-state index in [1.807, 2.05) is 0 Å². The van der Waals surface area contributed by atoms with Gasteiger partial charge in [0.2, 0.25) is 0 Å². The van der Waals surface area contributed by atoms with Crippen LogP contribution < -0.4 is 5.32 Å². The van der Waals surface area contributed by atoms with E-state index in [-0.39, 0.29) is 12.6 Å². The second-order valence-electron chi connectivity index (χ2n) is 5.83. The lowest BCUT2D eigenvalue weighted by Crippen LogP contribution is -2.35. The molecule has 0 radical (unpaired) electrons. The van der Waals surface area contributed by atoms with E-state index in [1.54, 1.807) is 0 Å². The van der Waals surface area contributed by atoms with Gasteiger partial charge in [0.05, 0.1) is 12.6 Å². The minimum atomic E-state index is 0.204. The first-order chi connectivity index (χ1) is 8.69. The van der Waals surface area contributed by atoms with E-state index in [4.69, 9.17) is 0 Å². The molecule has 18 heavy (non-hydrogen) atoms. The standard InChI is InChI=1S/C16H25NO/c1-12-6-8-15(9-7-12)17-16(11-18)14-5-3-4-13(2)10-14/h6-9,13-14,16-18H,3-5,10-11H2,1-2H3. The molecule has 1 saturated carbocycles. The van der Waals surface area contributed by atoms with Crippen molar-refractivity contribution in [3.63, 3.8) is 0 Å². The monoisotopic (exact) mass is 247 g/mol. The molecule has 2 N–H and O–H groups in total. The Hall–Kier alpha value is -1.02. The number of benzene rings is 1. The molecule has 0 saturated heterocycles. The number of hydrogen-bond donors (Lipinski definition) is 2. The van der Waals surface area contributed by atoms with Crippen molar-refractivity contribution in [3.8, 4) is 0 Å². The molecule has 2 heteroatoms. The van der Waals surface area contributed by atoms with Crippen LogP contribution in [0.2, 0.25) is 0 Å². The summed E-state index contributed by atoms with van der Waals surface area (Å²) in [5.41, 5.74) is 2.39. The van der Waals surface area contributed by atoms with Crippen LogP contribution in [0.5, 0.6) is 0 Å². The van der Waals surface area contributed by atoms with Crippen molar-refractivity contribution < 1.29 is 5.11 Å². The predicted octanol–water partition coefficient (Wildman–Crippen LogP) is 3.59. The third-order valence-corrected chi connectivity index (χ3v) is 4.15. The van der Waals surface area contributed by atoms with Gasteiger partial charge in [0.15, 0.2) is 0 Å². The van der Waals surface area contributed by atoms with Crippen LogP contribution >= 0.6 is 0 Å². The number of rotatable bonds is 4. The fourth-order valence-corrected chi connectivity index (χ4v) is 3.02. The van der Waals surface area contributed by atoms with Crippen LogP contribution in [0.25, 0.3) is 0 Å². The molecule has 1 aromatic rings. The molecule has 1 fully saturated rings. The predicted molar refractivity (Wildman–Crippen MR) is 76.8 cm³/mol. The summed E-state index contributed by atoms with van der Waals surface area (Å²) in [5.74, 6) is 1.41. The zero-order valence-corrected chi connectivity index (χ0v) is 11.5. The maximum atomic E-state index is 9.62. The molecule has 2 nitrogen and oxygen atoms in total. The zero-order valence-electron chi connectivity index (χ0n) is 11.5.